The molecule has 1 atom stereocenters. The SMILES string of the molecule is Fc1ccc(C[C@H]2CN(c3cnccn3)CCO2)cc1. The number of benzene rings is 1. The van der Waals surface area contributed by atoms with Gasteiger partial charge < -0.3 is 9.64 Å². The van der Waals surface area contributed by atoms with Gasteiger partial charge in [-0.3, -0.25) is 4.98 Å². The summed E-state index contributed by atoms with van der Waals surface area (Å²) in [6.45, 7) is 2.26. The Bertz CT molecular complexity index is 547. The van der Waals surface area contributed by atoms with Crippen LogP contribution in [0.25, 0.3) is 0 Å². The fourth-order valence-corrected chi connectivity index (χ4v) is 2.39. The number of anilines is 1. The van der Waals surface area contributed by atoms with Crippen LogP contribution in [0, 0.1) is 5.82 Å². The molecule has 2 heterocycles. The Hall–Kier alpha value is -2.01. The van der Waals surface area contributed by atoms with E-state index in [0.717, 1.165) is 30.9 Å². The van der Waals surface area contributed by atoms with Crippen LogP contribution in [0.4, 0.5) is 10.2 Å². The summed E-state index contributed by atoms with van der Waals surface area (Å²) in [5, 5.41) is 0. The summed E-state index contributed by atoms with van der Waals surface area (Å²) < 4.78 is 18.7. The minimum Gasteiger partial charge on any atom is -0.374 e. The number of ether oxygens (including phenoxy) is 1. The van der Waals surface area contributed by atoms with E-state index in [1.807, 2.05) is 0 Å². The first-order valence-corrected chi connectivity index (χ1v) is 6.68. The Kier molecular flexibility index (Phi) is 3.87. The third-order valence-corrected chi connectivity index (χ3v) is 3.39. The summed E-state index contributed by atoms with van der Waals surface area (Å²) in [5.74, 6) is 0.666. The zero-order valence-electron chi connectivity index (χ0n) is 11.1. The predicted octanol–water partition coefficient (Wildman–Crippen LogP) is 2.06. The highest BCUT2D eigenvalue weighted by Gasteiger charge is 2.21. The van der Waals surface area contributed by atoms with Crippen molar-refractivity contribution >= 4 is 5.82 Å². The molecular formula is C15H16FN3O. The van der Waals surface area contributed by atoms with Gasteiger partial charge in [-0.2, -0.15) is 0 Å². The van der Waals surface area contributed by atoms with Crippen molar-refractivity contribution in [3.05, 3.63) is 54.2 Å². The molecule has 20 heavy (non-hydrogen) atoms. The minimum absolute atomic E-state index is 0.0937. The van der Waals surface area contributed by atoms with Crippen LogP contribution in [0.15, 0.2) is 42.9 Å². The third-order valence-electron chi connectivity index (χ3n) is 3.39. The van der Waals surface area contributed by atoms with Gasteiger partial charge in [0.2, 0.25) is 0 Å². The van der Waals surface area contributed by atoms with Gasteiger partial charge in [-0.05, 0) is 17.7 Å². The third kappa shape index (κ3) is 3.11. The van der Waals surface area contributed by atoms with Crippen LogP contribution < -0.4 is 4.90 Å². The number of aromatic nitrogens is 2. The normalized spacial score (nSPS) is 19.1. The predicted molar refractivity (Wildman–Crippen MR) is 74.1 cm³/mol. The fraction of sp³-hybridized carbons (Fsp3) is 0.333. The van der Waals surface area contributed by atoms with Gasteiger partial charge in [0.05, 0.1) is 18.9 Å². The molecule has 1 aromatic carbocycles. The van der Waals surface area contributed by atoms with Crippen molar-refractivity contribution in [2.75, 3.05) is 24.6 Å². The molecule has 1 aliphatic rings. The number of morpholine rings is 1. The lowest BCUT2D eigenvalue weighted by molar-refractivity contribution is 0.0408. The molecule has 0 aliphatic carbocycles. The molecule has 0 unspecified atom stereocenters. The van der Waals surface area contributed by atoms with E-state index in [1.54, 1.807) is 30.7 Å². The Morgan fingerprint density at radius 2 is 2.10 bits per heavy atom. The first kappa shape index (κ1) is 13.0. The molecule has 1 aliphatic heterocycles. The lowest BCUT2D eigenvalue weighted by Crippen LogP contribution is -2.43. The number of rotatable bonds is 3. The van der Waals surface area contributed by atoms with Gasteiger partial charge in [-0.1, -0.05) is 12.1 Å². The Morgan fingerprint density at radius 3 is 2.85 bits per heavy atom. The Morgan fingerprint density at radius 1 is 1.25 bits per heavy atom. The second-order valence-corrected chi connectivity index (χ2v) is 4.83. The smallest absolute Gasteiger partial charge is 0.147 e. The molecule has 4 nitrogen and oxygen atoms in total. The van der Waals surface area contributed by atoms with E-state index in [1.165, 1.54) is 12.1 Å². The maximum absolute atomic E-state index is 12.9. The van der Waals surface area contributed by atoms with Crippen LogP contribution in [-0.4, -0.2) is 35.8 Å². The van der Waals surface area contributed by atoms with Gasteiger partial charge in [0.25, 0.3) is 0 Å². The molecule has 0 saturated carbocycles. The summed E-state index contributed by atoms with van der Waals surface area (Å²) >= 11 is 0. The van der Waals surface area contributed by atoms with Crippen molar-refractivity contribution < 1.29 is 9.13 Å². The molecule has 0 radical (unpaired) electrons. The van der Waals surface area contributed by atoms with Gasteiger partial charge in [-0.25, -0.2) is 9.37 Å². The lowest BCUT2D eigenvalue weighted by atomic mass is 10.1. The monoisotopic (exact) mass is 273 g/mol. The second kappa shape index (κ2) is 5.96. The van der Waals surface area contributed by atoms with E-state index in [4.69, 9.17) is 4.74 Å². The van der Waals surface area contributed by atoms with Crippen LogP contribution in [0.1, 0.15) is 5.56 Å². The standard InChI is InChI=1S/C15H16FN3O/c16-13-3-1-12(2-4-13)9-14-11-19(7-8-20-14)15-10-17-5-6-18-15/h1-6,10,14H,7-9,11H2/t14-/m0/s1. The van der Waals surface area contributed by atoms with Gasteiger partial charge in [-0.15, -0.1) is 0 Å². The molecule has 0 spiro atoms. The molecule has 2 aromatic rings. The quantitative estimate of drug-likeness (QED) is 0.858. The van der Waals surface area contributed by atoms with Crippen molar-refractivity contribution in [3.8, 4) is 0 Å². The summed E-state index contributed by atoms with van der Waals surface area (Å²) in [6, 6.07) is 6.58. The van der Waals surface area contributed by atoms with Crippen LogP contribution in [-0.2, 0) is 11.2 Å². The van der Waals surface area contributed by atoms with E-state index in [0.29, 0.717) is 6.61 Å². The molecule has 0 bridgehead atoms. The first-order valence-electron chi connectivity index (χ1n) is 6.68. The fourth-order valence-electron chi connectivity index (χ4n) is 2.39. The Labute approximate surface area is 117 Å². The molecule has 3 rings (SSSR count). The average Bonchev–Trinajstić information content (AvgIpc) is 2.51. The molecule has 5 heteroatoms. The van der Waals surface area contributed by atoms with E-state index in [9.17, 15) is 4.39 Å². The summed E-state index contributed by atoms with van der Waals surface area (Å²) in [4.78, 5) is 10.6. The van der Waals surface area contributed by atoms with Crippen LogP contribution in [0.3, 0.4) is 0 Å². The van der Waals surface area contributed by atoms with Gasteiger partial charge in [0.15, 0.2) is 0 Å². The van der Waals surface area contributed by atoms with Crippen LogP contribution in [0.2, 0.25) is 0 Å². The highest BCUT2D eigenvalue weighted by molar-refractivity contribution is 5.35. The maximum Gasteiger partial charge on any atom is 0.147 e. The number of nitrogens with zero attached hydrogens (tertiary/aromatic N) is 3. The van der Waals surface area contributed by atoms with E-state index in [-0.39, 0.29) is 11.9 Å². The summed E-state index contributed by atoms with van der Waals surface area (Å²) in [7, 11) is 0. The van der Waals surface area contributed by atoms with E-state index >= 15 is 0 Å². The lowest BCUT2D eigenvalue weighted by Gasteiger charge is -2.33. The van der Waals surface area contributed by atoms with E-state index < -0.39 is 0 Å². The van der Waals surface area contributed by atoms with Gasteiger partial charge >= 0.3 is 0 Å². The van der Waals surface area contributed by atoms with Crippen LogP contribution >= 0.6 is 0 Å². The molecule has 1 aromatic heterocycles. The summed E-state index contributed by atoms with van der Waals surface area (Å²) in [6.07, 6.45) is 5.99. The van der Waals surface area contributed by atoms with Crippen LogP contribution in [0.5, 0.6) is 0 Å². The largest absolute Gasteiger partial charge is 0.374 e. The molecule has 1 saturated heterocycles. The molecular weight excluding hydrogens is 257 g/mol. The summed E-state index contributed by atoms with van der Waals surface area (Å²) in [5.41, 5.74) is 1.08. The van der Waals surface area contributed by atoms with Crippen molar-refractivity contribution in [2.24, 2.45) is 0 Å². The molecule has 1 fully saturated rings. The van der Waals surface area contributed by atoms with Crippen molar-refractivity contribution in [1.82, 2.24) is 9.97 Å². The highest BCUT2D eigenvalue weighted by atomic mass is 19.1. The number of hydrogen-bond acceptors (Lipinski definition) is 4. The van der Waals surface area contributed by atoms with Crippen molar-refractivity contribution in [3.63, 3.8) is 0 Å². The molecule has 0 N–H and O–H groups in total. The van der Waals surface area contributed by atoms with Crippen molar-refractivity contribution in [2.45, 2.75) is 12.5 Å². The van der Waals surface area contributed by atoms with Gasteiger partial charge in [0.1, 0.15) is 11.6 Å². The zero-order valence-corrected chi connectivity index (χ0v) is 11.1. The zero-order chi connectivity index (χ0) is 13.8. The molecule has 104 valence electrons. The molecule has 0 amide bonds. The first-order chi connectivity index (χ1) is 9.81. The van der Waals surface area contributed by atoms with Crippen molar-refractivity contribution in [1.29, 1.82) is 0 Å². The average molecular weight is 273 g/mol. The van der Waals surface area contributed by atoms with Gasteiger partial charge in [0, 0.05) is 31.9 Å². The number of halogens is 1. The minimum atomic E-state index is -0.209. The second-order valence-electron chi connectivity index (χ2n) is 4.83. The maximum atomic E-state index is 12.9. The highest BCUT2D eigenvalue weighted by Crippen LogP contribution is 2.16. The topological polar surface area (TPSA) is 38.2 Å². The number of hydrogen-bond donors (Lipinski definition) is 0. The van der Waals surface area contributed by atoms with E-state index in [2.05, 4.69) is 14.9 Å². The Balaban J connectivity index is 1.65.